The first-order chi connectivity index (χ1) is 15.0. The second-order valence-electron chi connectivity index (χ2n) is 6.40. The number of carbonyl (C=O) groups excluding carboxylic acids is 3. The van der Waals surface area contributed by atoms with Crippen LogP contribution in [0.2, 0.25) is 5.02 Å². The third-order valence-corrected chi connectivity index (χ3v) is 6.53. The predicted molar refractivity (Wildman–Crippen MR) is 121 cm³/mol. The van der Waals surface area contributed by atoms with Crippen molar-refractivity contribution in [3.8, 4) is 0 Å². The lowest BCUT2D eigenvalue weighted by molar-refractivity contribution is -0.123. The number of hydrogen-bond donors (Lipinski definition) is 1. The van der Waals surface area contributed by atoms with Gasteiger partial charge in [-0.1, -0.05) is 47.6 Å². The monoisotopic (exact) mass is 473 g/mol. The molecule has 0 unspecified atom stereocenters. The van der Waals surface area contributed by atoms with E-state index in [9.17, 15) is 14.4 Å². The Balaban J connectivity index is 1.28. The van der Waals surface area contributed by atoms with Gasteiger partial charge in [0.25, 0.3) is 11.1 Å². The van der Waals surface area contributed by atoms with Crippen LogP contribution in [-0.4, -0.2) is 55.4 Å². The van der Waals surface area contributed by atoms with Crippen molar-refractivity contribution < 1.29 is 14.4 Å². The van der Waals surface area contributed by atoms with E-state index in [-0.39, 0.29) is 30.0 Å². The molecular weight excluding hydrogens is 458 g/mol. The van der Waals surface area contributed by atoms with Crippen LogP contribution in [0.4, 0.5) is 4.79 Å². The molecule has 0 bridgehead atoms. The summed E-state index contributed by atoms with van der Waals surface area (Å²) in [5, 5.41) is 11.6. The quantitative estimate of drug-likeness (QED) is 0.415. The van der Waals surface area contributed by atoms with Gasteiger partial charge in [-0.05, 0) is 41.6 Å². The minimum Gasteiger partial charge on any atom is -0.354 e. The van der Waals surface area contributed by atoms with E-state index in [1.165, 1.54) is 11.8 Å². The fourth-order valence-corrected chi connectivity index (χ4v) is 4.63. The lowest BCUT2D eigenvalue weighted by atomic mass is 10.2. The first-order valence-electron chi connectivity index (χ1n) is 9.22. The van der Waals surface area contributed by atoms with Crippen molar-refractivity contribution in [3.05, 3.63) is 64.2 Å². The molecular formula is C20H16ClN5O3S2. The van der Waals surface area contributed by atoms with Crippen molar-refractivity contribution in [2.24, 2.45) is 0 Å². The van der Waals surface area contributed by atoms with Gasteiger partial charge in [-0.2, -0.15) is 0 Å². The first kappa shape index (κ1) is 21.4. The third kappa shape index (κ3) is 4.92. The highest BCUT2D eigenvalue weighted by molar-refractivity contribution is 8.18. The topological polar surface area (TPSA) is 96.7 Å². The van der Waals surface area contributed by atoms with Gasteiger partial charge >= 0.3 is 0 Å². The maximum Gasteiger partial charge on any atom is 0.293 e. The maximum atomic E-state index is 12.6. The zero-order valence-electron chi connectivity index (χ0n) is 16.0. The summed E-state index contributed by atoms with van der Waals surface area (Å²) in [4.78, 5) is 38.3. The van der Waals surface area contributed by atoms with E-state index in [0.29, 0.717) is 26.3 Å². The molecule has 31 heavy (non-hydrogen) atoms. The van der Waals surface area contributed by atoms with Crippen molar-refractivity contribution in [3.63, 3.8) is 0 Å². The smallest absolute Gasteiger partial charge is 0.293 e. The molecule has 11 heteroatoms. The summed E-state index contributed by atoms with van der Waals surface area (Å²) in [6.45, 7) is 0.256. The number of amides is 3. The van der Waals surface area contributed by atoms with Crippen LogP contribution in [0, 0.1) is 0 Å². The molecule has 3 amide bonds. The van der Waals surface area contributed by atoms with Crippen LogP contribution >= 0.6 is 35.1 Å². The number of fused-ring (bicyclic) bond motifs is 1. The van der Waals surface area contributed by atoms with E-state index in [1.807, 2.05) is 24.4 Å². The van der Waals surface area contributed by atoms with Crippen LogP contribution in [0.3, 0.4) is 0 Å². The molecule has 0 radical (unpaired) electrons. The van der Waals surface area contributed by atoms with Crippen LogP contribution in [0.25, 0.3) is 11.7 Å². The van der Waals surface area contributed by atoms with Gasteiger partial charge in [-0.15, -0.1) is 10.2 Å². The Morgan fingerprint density at radius 3 is 2.81 bits per heavy atom. The average Bonchev–Trinajstić information content (AvgIpc) is 3.29. The highest BCUT2D eigenvalue weighted by atomic mass is 35.5. The molecule has 1 fully saturated rings. The van der Waals surface area contributed by atoms with E-state index >= 15 is 0 Å². The summed E-state index contributed by atoms with van der Waals surface area (Å²) >= 11 is 8.23. The number of rotatable bonds is 7. The molecule has 158 valence electrons. The third-order valence-electron chi connectivity index (χ3n) is 4.34. The number of carbonyl (C=O) groups is 3. The number of pyridine rings is 1. The van der Waals surface area contributed by atoms with Crippen LogP contribution in [-0.2, 0) is 9.59 Å². The SMILES string of the molecule is O=C(CSc1nnc2ccccn12)NCCN1C(=O)S/C(=C\c2ccccc2Cl)C1=O. The van der Waals surface area contributed by atoms with Crippen LogP contribution in [0.1, 0.15) is 5.56 Å². The molecule has 4 rings (SSSR count). The van der Waals surface area contributed by atoms with E-state index in [1.54, 1.807) is 34.7 Å². The zero-order valence-corrected chi connectivity index (χ0v) is 18.4. The van der Waals surface area contributed by atoms with Crippen LogP contribution < -0.4 is 5.32 Å². The number of aromatic nitrogens is 3. The van der Waals surface area contributed by atoms with Gasteiger partial charge in [0.1, 0.15) is 0 Å². The van der Waals surface area contributed by atoms with Gasteiger partial charge < -0.3 is 5.32 Å². The fraction of sp³-hybridized carbons (Fsp3) is 0.150. The molecule has 0 atom stereocenters. The molecule has 3 heterocycles. The number of hydrogen-bond acceptors (Lipinski definition) is 7. The summed E-state index contributed by atoms with van der Waals surface area (Å²) in [6, 6.07) is 12.6. The van der Waals surface area contributed by atoms with Crippen molar-refractivity contribution in [1.29, 1.82) is 0 Å². The molecule has 1 aliphatic heterocycles. The lowest BCUT2D eigenvalue weighted by Crippen LogP contribution is -2.37. The summed E-state index contributed by atoms with van der Waals surface area (Å²) in [5.74, 6) is -0.478. The van der Waals surface area contributed by atoms with Crippen molar-refractivity contribution in [1.82, 2.24) is 24.8 Å². The molecule has 0 spiro atoms. The molecule has 1 N–H and O–H groups in total. The molecule has 1 saturated heterocycles. The van der Waals surface area contributed by atoms with Crippen molar-refractivity contribution >= 4 is 63.9 Å². The van der Waals surface area contributed by atoms with E-state index in [0.717, 1.165) is 16.7 Å². The zero-order chi connectivity index (χ0) is 21.8. The molecule has 1 aromatic carbocycles. The highest BCUT2D eigenvalue weighted by Gasteiger charge is 2.34. The fourth-order valence-electron chi connectivity index (χ4n) is 2.83. The standard InChI is InChI=1S/C20H16ClN5O3S2/c21-14-6-2-1-5-13(14)11-15-18(28)26(20(29)31-15)10-8-22-17(27)12-30-19-24-23-16-7-3-4-9-25(16)19/h1-7,9,11H,8,10,12H2,(H,22,27)/b15-11-. The Hall–Kier alpha value is -2.82. The Bertz CT molecular complexity index is 1200. The Labute approximate surface area is 191 Å². The second kappa shape index (κ2) is 9.54. The number of nitrogens with one attached hydrogen (secondary N) is 1. The lowest BCUT2D eigenvalue weighted by Gasteiger charge is -2.12. The predicted octanol–water partition coefficient (Wildman–Crippen LogP) is 3.33. The van der Waals surface area contributed by atoms with Gasteiger partial charge in [0, 0.05) is 24.3 Å². The van der Waals surface area contributed by atoms with Gasteiger partial charge in [-0.3, -0.25) is 23.7 Å². The Kier molecular flexibility index (Phi) is 6.59. The number of imide groups is 1. The summed E-state index contributed by atoms with van der Waals surface area (Å²) < 4.78 is 1.80. The molecule has 3 aromatic rings. The number of halogens is 1. The minimum absolute atomic E-state index is 0.0921. The van der Waals surface area contributed by atoms with E-state index < -0.39 is 5.91 Å². The molecule has 0 aliphatic carbocycles. The van der Waals surface area contributed by atoms with Crippen molar-refractivity contribution in [2.75, 3.05) is 18.8 Å². The normalized spacial score (nSPS) is 15.3. The molecule has 8 nitrogen and oxygen atoms in total. The second-order valence-corrected chi connectivity index (χ2v) is 8.75. The van der Waals surface area contributed by atoms with Gasteiger partial charge in [0.05, 0.1) is 10.7 Å². The van der Waals surface area contributed by atoms with Crippen molar-refractivity contribution in [2.45, 2.75) is 5.16 Å². The largest absolute Gasteiger partial charge is 0.354 e. The Morgan fingerprint density at radius 1 is 1.16 bits per heavy atom. The number of thioether (sulfide) groups is 2. The van der Waals surface area contributed by atoms with Gasteiger partial charge in [0.15, 0.2) is 10.8 Å². The first-order valence-corrected chi connectivity index (χ1v) is 11.4. The number of nitrogens with zero attached hydrogens (tertiary/aromatic N) is 4. The summed E-state index contributed by atoms with van der Waals surface area (Å²) in [5.41, 5.74) is 1.37. The Morgan fingerprint density at radius 2 is 1.97 bits per heavy atom. The summed E-state index contributed by atoms with van der Waals surface area (Å²) in [6.07, 6.45) is 3.43. The van der Waals surface area contributed by atoms with Gasteiger partial charge in [-0.25, -0.2) is 0 Å². The van der Waals surface area contributed by atoms with E-state index in [4.69, 9.17) is 11.6 Å². The van der Waals surface area contributed by atoms with Crippen LogP contribution in [0.5, 0.6) is 0 Å². The van der Waals surface area contributed by atoms with E-state index in [2.05, 4.69) is 15.5 Å². The minimum atomic E-state index is -0.395. The molecule has 1 aliphatic rings. The van der Waals surface area contributed by atoms with Gasteiger partial charge in [0.2, 0.25) is 5.91 Å². The highest BCUT2D eigenvalue weighted by Crippen LogP contribution is 2.33. The van der Waals surface area contributed by atoms with Crippen LogP contribution in [0.15, 0.2) is 58.7 Å². The maximum absolute atomic E-state index is 12.6. The molecule has 2 aromatic heterocycles. The number of benzene rings is 1. The average molecular weight is 474 g/mol. The molecule has 0 saturated carbocycles. The summed E-state index contributed by atoms with van der Waals surface area (Å²) in [7, 11) is 0.